The Hall–Kier alpha value is -1.35. The second kappa shape index (κ2) is 11.6. The molecule has 9 heteroatoms. The van der Waals surface area contributed by atoms with Crippen LogP contribution in [0, 0.1) is 5.82 Å². The molecule has 2 unspecified atom stereocenters. The molecule has 0 spiro atoms. The van der Waals surface area contributed by atoms with Gasteiger partial charge in [-0.3, -0.25) is 14.5 Å². The number of morpholine rings is 1. The lowest BCUT2D eigenvalue weighted by Gasteiger charge is -2.38. The molecule has 156 valence electrons. The number of amides is 1. The normalized spacial score (nSPS) is 18.5. The van der Waals surface area contributed by atoms with Crippen LogP contribution in [-0.4, -0.2) is 67.7 Å². The lowest BCUT2D eigenvalue weighted by Crippen LogP contribution is -2.47. The summed E-state index contributed by atoms with van der Waals surface area (Å²) in [5.74, 6) is -0.152. The van der Waals surface area contributed by atoms with Crippen molar-refractivity contribution in [1.29, 1.82) is 0 Å². The van der Waals surface area contributed by atoms with Crippen LogP contribution in [0.1, 0.15) is 24.9 Å². The van der Waals surface area contributed by atoms with Gasteiger partial charge in [-0.25, -0.2) is 4.39 Å². The smallest absolute Gasteiger partial charge is 0.315 e. The van der Waals surface area contributed by atoms with Crippen molar-refractivity contribution < 1.29 is 23.5 Å². The van der Waals surface area contributed by atoms with Crippen LogP contribution in [0.4, 0.5) is 4.39 Å². The van der Waals surface area contributed by atoms with E-state index in [4.69, 9.17) is 16.3 Å². The molecule has 1 aliphatic rings. The zero-order valence-electron chi connectivity index (χ0n) is 16.1. The first-order valence-corrected chi connectivity index (χ1v) is 10.7. The van der Waals surface area contributed by atoms with E-state index < -0.39 is 0 Å². The maximum absolute atomic E-state index is 14.5. The van der Waals surface area contributed by atoms with Crippen molar-refractivity contribution in [3.63, 3.8) is 0 Å². The number of ether oxygens (including phenoxy) is 2. The fraction of sp³-hybridized carbons (Fsp3) is 0.579. The summed E-state index contributed by atoms with van der Waals surface area (Å²) in [6.07, 6.45) is 0.283. The predicted molar refractivity (Wildman–Crippen MR) is 108 cm³/mol. The third kappa shape index (κ3) is 6.92. The van der Waals surface area contributed by atoms with E-state index >= 15 is 0 Å². The summed E-state index contributed by atoms with van der Waals surface area (Å²) in [4.78, 5) is 25.4. The molecule has 2 rings (SSSR count). The van der Waals surface area contributed by atoms with Crippen LogP contribution in [0.5, 0.6) is 0 Å². The van der Waals surface area contributed by atoms with E-state index in [-0.39, 0.29) is 48.6 Å². The molecule has 1 saturated heterocycles. The van der Waals surface area contributed by atoms with Crippen LogP contribution in [-0.2, 0) is 19.1 Å². The van der Waals surface area contributed by atoms with Crippen molar-refractivity contribution in [2.45, 2.75) is 25.5 Å². The van der Waals surface area contributed by atoms with Gasteiger partial charge in [-0.2, -0.15) is 0 Å². The number of esters is 1. The molecule has 0 aromatic heterocycles. The van der Waals surface area contributed by atoms with Gasteiger partial charge in [-0.1, -0.05) is 17.7 Å². The quantitative estimate of drug-likeness (QED) is 0.478. The number of hydrogen-bond acceptors (Lipinski definition) is 6. The van der Waals surface area contributed by atoms with E-state index in [1.165, 1.54) is 24.9 Å². The fourth-order valence-electron chi connectivity index (χ4n) is 3.05. The number of methoxy groups -OCH3 is 1. The predicted octanol–water partition coefficient (Wildman–Crippen LogP) is 2.65. The minimum atomic E-state index is -0.389. The summed E-state index contributed by atoms with van der Waals surface area (Å²) >= 11 is 7.62. The molecule has 1 aromatic carbocycles. The van der Waals surface area contributed by atoms with E-state index in [1.54, 1.807) is 12.1 Å². The SMILES string of the molecule is COC(=O)CSCCC(=O)NCC(c1c(F)cccc1Cl)N1CCOC(C)C1. The van der Waals surface area contributed by atoms with Crippen molar-refractivity contribution >= 4 is 35.2 Å². The van der Waals surface area contributed by atoms with Crippen molar-refractivity contribution in [2.24, 2.45) is 0 Å². The summed E-state index contributed by atoms with van der Waals surface area (Å²) in [7, 11) is 1.33. The Morgan fingerprint density at radius 1 is 1.50 bits per heavy atom. The van der Waals surface area contributed by atoms with Gasteiger partial charge in [0, 0.05) is 42.4 Å². The van der Waals surface area contributed by atoms with Gasteiger partial charge in [-0.05, 0) is 19.1 Å². The van der Waals surface area contributed by atoms with E-state index in [2.05, 4.69) is 15.0 Å². The summed E-state index contributed by atoms with van der Waals surface area (Å²) in [6.45, 7) is 4.00. The van der Waals surface area contributed by atoms with Crippen molar-refractivity contribution in [3.05, 3.63) is 34.6 Å². The van der Waals surface area contributed by atoms with Crippen molar-refractivity contribution in [2.75, 3.05) is 44.9 Å². The molecule has 1 fully saturated rings. The van der Waals surface area contributed by atoms with E-state index in [1.807, 2.05) is 6.92 Å². The average Bonchev–Trinajstić information content (AvgIpc) is 2.67. The van der Waals surface area contributed by atoms with Gasteiger partial charge in [0.05, 0.1) is 31.6 Å². The molecule has 1 N–H and O–H groups in total. The first kappa shape index (κ1) is 22.9. The molecule has 2 atom stereocenters. The fourth-order valence-corrected chi connectivity index (χ4v) is 4.10. The summed E-state index contributed by atoms with van der Waals surface area (Å²) < 4.78 is 24.7. The minimum absolute atomic E-state index is 0.0206. The number of carbonyl (C=O) groups is 2. The highest BCUT2D eigenvalue weighted by Gasteiger charge is 2.29. The highest BCUT2D eigenvalue weighted by atomic mass is 35.5. The molecule has 0 aliphatic carbocycles. The molecule has 1 aromatic rings. The largest absolute Gasteiger partial charge is 0.468 e. The van der Waals surface area contributed by atoms with E-state index in [0.29, 0.717) is 36.0 Å². The molecule has 0 saturated carbocycles. The molecule has 0 bridgehead atoms. The molecular formula is C19H26ClFN2O4S. The molecule has 1 aliphatic heterocycles. The van der Waals surface area contributed by atoms with Crippen LogP contribution >= 0.6 is 23.4 Å². The highest BCUT2D eigenvalue weighted by molar-refractivity contribution is 7.99. The summed E-state index contributed by atoms with van der Waals surface area (Å²) in [5.41, 5.74) is 0.388. The number of benzene rings is 1. The highest BCUT2D eigenvalue weighted by Crippen LogP contribution is 2.31. The van der Waals surface area contributed by atoms with E-state index in [9.17, 15) is 14.0 Å². The van der Waals surface area contributed by atoms with E-state index in [0.717, 1.165) is 0 Å². The number of rotatable bonds is 9. The number of carbonyl (C=O) groups excluding carboxylic acids is 2. The first-order valence-electron chi connectivity index (χ1n) is 9.13. The van der Waals surface area contributed by atoms with Gasteiger partial charge < -0.3 is 14.8 Å². The van der Waals surface area contributed by atoms with Crippen LogP contribution in [0.15, 0.2) is 18.2 Å². The number of nitrogens with zero attached hydrogens (tertiary/aromatic N) is 1. The lowest BCUT2D eigenvalue weighted by atomic mass is 10.0. The van der Waals surface area contributed by atoms with Gasteiger partial charge in [0.15, 0.2) is 0 Å². The topological polar surface area (TPSA) is 67.9 Å². The second-order valence-electron chi connectivity index (χ2n) is 6.51. The van der Waals surface area contributed by atoms with Crippen LogP contribution < -0.4 is 5.32 Å². The molecule has 1 heterocycles. The third-order valence-corrected chi connectivity index (χ3v) is 5.72. The zero-order chi connectivity index (χ0) is 20.5. The standard InChI is InChI=1S/C19H26ClFN2O4S/c1-13-11-23(7-8-27-13)16(19-14(20)4-3-5-15(19)21)10-22-17(24)6-9-28-12-18(25)26-2/h3-5,13,16H,6-12H2,1-2H3,(H,22,24). The Labute approximate surface area is 174 Å². The third-order valence-electron chi connectivity index (χ3n) is 4.46. The number of hydrogen-bond donors (Lipinski definition) is 1. The average molecular weight is 433 g/mol. The van der Waals surface area contributed by atoms with Crippen LogP contribution in [0.2, 0.25) is 5.02 Å². The van der Waals surface area contributed by atoms with Crippen LogP contribution in [0.3, 0.4) is 0 Å². The first-order chi connectivity index (χ1) is 13.4. The molecular weight excluding hydrogens is 407 g/mol. The Morgan fingerprint density at radius 3 is 2.96 bits per heavy atom. The Kier molecular flexibility index (Phi) is 9.50. The maximum Gasteiger partial charge on any atom is 0.315 e. The molecule has 6 nitrogen and oxygen atoms in total. The lowest BCUT2D eigenvalue weighted by molar-refractivity contribution is -0.137. The molecule has 28 heavy (non-hydrogen) atoms. The number of halogens is 2. The van der Waals surface area contributed by atoms with Crippen molar-refractivity contribution in [3.8, 4) is 0 Å². The number of thioether (sulfide) groups is 1. The number of nitrogens with one attached hydrogen (secondary N) is 1. The summed E-state index contributed by atoms with van der Waals surface area (Å²) in [5, 5.41) is 3.21. The second-order valence-corrected chi connectivity index (χ2v) is 8.02. The van der Waals surface area contributed by atoms with Crippen LogP contribution in [0.25, 0.3) is 0 Å². The summed E-state index contributed by atoms with van der Waals surface area (Å²) in [6, 6.07) is 4.22. The van der Waals surface area contributed by atoms with Gasteiger partial charge >= 0.3 is 5.97 Å². The van der Waals surface area contributed by atoms with Gasteiger partial charge in [-0.15, -0.1) is 11.8 Å². The monoisotopic (exact) mass is 432 g/mol. The van der Waals surface area contributed by atoms with Gasteiger partial charge in [0.25, 0.3) is 0 Å². The molecule has 0 radical (unpaired) electrons. The Balaban J connectivity index is 1.98. The Morgan fingerprint density at radius 2 is 2.29 bits per heavy atom. The Bertz CT molecular complexity index is 659. The van der Waals surface area contributed by atoms with Crippen molar-refractivity contribution in [1.82, 2.24) is 10.2 Å². The maximum atomic E-state index is 14.5. The zero-order valence-corrected chi connectivity index (χ0v) is 17.7. The minimum Gasteiger partial charge on any atom is -0.468 e. The van der Waals surface area contributed by atoms with Gasteiger partial charge in [0.2, 0.25) is 5.91 Å². The molecule has 1 amide bonds. The van der Waals surface area contributed by atoms with Gasteiger partial charge in [0.1, 0.15) is 5.82 Å².